The number of aliphatic hydroxyl groups is 3. The van der Waals surface area contributed by atoms with Crippen LogP contribution in [0.15, 0.2) is 30.3 Å². The second-order valence-electron chi connectivity index (χ2n) is 14.4. The van der Waals surface area contributed by atoms with Gasteiger partial charge in [0.25, 0.3) is 0 Å². The zero-order valence-corrected chi connectivity index (χ0v) is 26.4. The van der Waals surface area contributed by atoms with Gasteiger partial charge in [-0.25, -0.2) is 4.79 Å². The number of ether oxygens (including phenoxy) is 4. The van der Waals surface area contributed by atoms with Crippen LogP contribution < -0.4 is 0 Å². The summed E-state index contributed by atoms with van der Waals surface area (Å²) >= 11 is 0. The molecule has 4 aliphatic carbocycles. The predicted octanol–water partition coefficient (Wildman–Crippen LogP) is 2.72. The van der Waals surface area contributed by atoms with E-state index in [0.29, 0.717) is 5.56 Å². The number of aliphatic hydroxyl groups excluding tert-OH is 1. The van der Waals surface area contributed by atoms with E-state index in [1.165, 1.54) is 20.8 Å². The van der Waals surface area contributed by atoms with E-state index >= 15 is 0 Å². The van der Waals surface area contributed by atoms with Gasteiger partial charge in [0.1, 0.15) is 29.5 Å². The predicted molar refractivity (Wildman–Crippen MR) is 154 cm³/mol. The molecule has 0 amide bonds. The highest BCUT2D eigenvalue weighted by Gasteiger charge is 2.84. The minimum atomic E-state index is -1.87. The number of rotatable bonds is 5. The molecule has 0 spiro atoms. The average molecular weight is 617 g/mol. The zero-order valence-electron chi connectivity index (χ0n) is 26.4. The lowest BCUT2D eigenvalue weighted by Gasteiger charge is -2.63. The van der Waals surface area contributed by atoms with Crippen LogP contribution in [0.3, 0.4) is 0 Å². The highest BCUT2D eigenvalue weighted by Crippen LogP contribution is 2.75. The third-order valence-electron chi connectivity index (χ3n) is 11.3. The molecule has 11 heteroatoms. The third-order valence-corrected chi connectivity index (χ3v) is 11.3. The van der Waals surface area contributed by atoms with Gasteiger partial charge in [-0.05, 0) is 44.2 Å². The Bertz CT molecular complexity index is 1340. The Kier molecular flexibility index (Phi) is 7.74. The molecule has 4 aliphatic rings. The minimum Gasteiger partial charge on any atom is -0.461 e. The quantitative estimate of drug-likeness (QED) is 0.329. The molecule has 4 saturated carbocycles. The maximum atomic E-state index is 13.4. The summed E-state index contributed by atoms with van der Waals surface area (Å²) in [4.78, 5) is 51.6. The molecule has 1 aromatic rings. The lowest BCUT2D eigenvalue weighted by molar-refractivity contribution is -0.290. The van der Waals surface area contributed by atoms with Gasteiger partial charge < -0.3 is 34.3 Å². The van der Waals surface area contributed by atoms with E-state index in [2.05, 4.69) is 0 Å². The van der Waals surface area contributed by atoms with Gasteiger partial charge in [0.05, 0.1) is 23.2 Å². The van der Waals surface area contributed by atoms with E-state index in [-0.39, 0.29) is 25.7 Å². The topological polar surface area (TPSA) is 166 Å². The van der Waals surface area contributed by atoms with Gasteiger partial charge in [-0.1, -0.05) is 39.0 Å². The fourth-order valence-corrected chi connectivity index (χ4v) is 9.74. The molecule has 44 heavy (non-hydrogen) atoms. The fraction of sp³-hybridized carbons (Fsp3) is 0.697. The number of hydrogen-bond acceptors (Lipinski definition) is 11. The molecule has 4 fully saturated rings. The van der Waals surface area contributed by atoms with Crippen LogP contribution >= 0.6 is 0 Å². The molecule has 12 atom stereocenters. The molecule has 1 aromatic carbocycles. The van der Waals surface area contributed by atoms with Crippen LogP contribution in [-0.2, 0) is 33.3 Å². The fourth-order valence-electron chi connectivity index (χ4n) is 9.74. The van der Waals surface area contributed by atoms with Gasteiger partial charge in [-0.3, -0.25) is 14.4 Å². The molecular formula is C33H44O11. The number of carbonyl (C=O) groups is 4. The van der Waals surface area contributed by atoms with Crippen LogP contribution in [-0.4, -0.2) is 80.4 Å². The maximum absolute atomic E-state index is 13.4. The summed E-state index contributed by atoms with van der Waals surface area (Å²) in [7, 11) is 0. The van der Waals surface area contributed by atoms with E-state index in [4.69, 9.17) is 18.9 Å². The van der Waals surface area contributed by atoms with Gasteiger partial charge in [-0.15, -0.1) is 0 Å². The molecule has 0 heterocycles. The Morgan fingerprint density at radius 3 is 2.02 bits per heavy atom. The summed E-state index contributed by atoms with van der Waals surface area (Å²) in [5, 5.41) is 35.8. The van der Waals surface area contributed by atoms with Crippen LogP contribution in [0.4, 0.5) is 0 Å². The van der Waals surface area contributed by atoms with E-state index in [9.17, 15) is 34.5 Å². The van der Waals surface area contributed by atoms with Gasteiger partial charge in [-0.2, -0.15) is 0 Å². The van der Waals surface area contributed by atoms with Crippen molar-refractivity contribution in [2.24, 2.45) is 28.6 Å². The van der Waals surface area contributed by atoms with Crippen molar-refractivity contribution >= 4 is 23.9 Å². The second kappa shape index (κ2) is 10.5. The summed E-state index contributed by atoms with van der Waals surface area (Å²) in [6.07, 6.45) is -4.76. The first-order valence-electron chi connectivity index (χ1n) is 15.3. The molecule has 11 nitrogen and oxygen atoms in total. The lowest BCUT2D eigenvalue weighted by Crippen LogP contribution is -2.73. The Balaban J connectivity index is 1.74. The molecule has 5 rings (SSSR count). The van der Waals surface area contributed by atoms with Gasteiger partial charge in [0.2, 0.25) is 0 Å². The first kappa shape index (κ1) is 32.4. The van der Waals surface area contributed by atoms with Crippen molar-refractivity contribution in [2.45, 2.75) is 115 Å². The Morgan fingerprint density at radius 1 is 0.841 bits per heavy atom. The molecule has 0 unspecified atom stereocenters. The van der Waals surface area contributed by atoms with Crippen molar-refractivity contribution in [3.05, 3.63) is 35.9 Å². The largest absolute Gasteiger partial charge is 0.461 e. The normalized spacial score (nSPS) is 45.7. The number of fused-ring (bicyclic) bond motifs is 4. The highest BCUT2D eigenvalue weighted by atomic mass is 16.6. The summed E-state index contributed by atoms with van der Waals surface area (Å²) < 4.78 is 24.3. The number of hydrogen-bond donors (Lipinski definition) is 3. The summed E-state index contributed by atoms with van der Waals surface area (Å²) in [5.74, 6) is -4.95. The third kappa shape index (κ3) is 4.65. The molecule has 0 bridgehead atoms. The number of carbonyl (C=O) groups excluding carboxylic acids is 4. The average Bonchev–Trinajstić information content (AvgIpc) is 3.26. The Hall–Kier alpha value is -3.02. The molecule has 0 aromatic heterocycles. The standard InChI is InChI=1S/C33H44O11/c1-17-13-32(40)24(25(17)43-27(38)21-11-9-8-10-12-21)26(41-18(2)34)30(6)16-33(44-20(4)36)22(14-29(5,39)15-23(33)37)31(30,7)28(32)42-19(3)35/h8-12,17,22-26,28,37,39-40H,13-16H2,1-7H3/t17-,22-,23-,24+,25-,26+,28+,29+,30-,31+,32+,33-/m0/s1. The van der Waals surface area contributed by atoms with Crippen molar-refractivity contribution in [2.75, 3.05) is 0 Å². The molecule has 0 radical (unpaired) electrons. The first-order valence-corrected chi connectivity index (χ1v) is 15.3. The minimum absolute atomic E-state index is 0.0258. The summed E-state index contributed by atoms with van der Waals surface area (Å²) in [5.41, 5.74) is -7.07. The van der Waals surface area contributed by atoms with Gasteiger partial charge in [0, 0.05) is 43.9 Å². The SMILES string of the molecule is CC(=O)O[C@@H]1[C@H]2[C@@H](OC(=O)c3ccccc3)[C@@H](C)C[C@]2(O)[C@H](OC(C)=O)[C@@]2(C)[C@@H]3C[C@@](C)(O)C[C@H](O)[C@]3(OC(C)=O)C[C@@]12C. The molecule has 242 valence electrons. The van der Waals surface area contributed by atoms with Crippen LogP contribution in [0.1, 0.15) is 84.5 Å². The van der Waals surface area contributed by atoms with E-state index in [1.54, 1.807) is 51.1 Å². The second-order valence-corrected chi connectivity index (χ2v) is 14.4. The monoisotopic (exact) mass is 616 g/mol. The van der Waals surface area contributed by atoms with Crippen molar-refractivity contribution in [1.82, 2.24) is 0 Å². The first-order chi connectivity index (χ1) is 20.3. The molecule has 0 saturated heterocycles. The molecule has 3 N–H and O–H groups in total. The van der Waals surface area contributed by atoms with Crippen molar-refractivity contribution in [3.63, 3.8) is 0 Å². The van der Waals surface area contributed by atoms with Crippen LogP contribution in [0, 0.1) is 28.6 Å². The smallest absolute Gasteiger partial charge is 0.338 e. The Labute approximate surface area is 257 Å². The van der Waals surface area contributed by atoms with Crippen molar-refractivity contribution in [1.29, 1.82) is 0 Å². The Morgan fingerprint density at radius 2 is 1.45 bits per heavy atom. The van der Waals surface area contributed by atoms with Crippen LogP contribution in [0.25, 0.3) is 0 Å². The van der Waals surface area contributed by atoms with E-state index in [1.807, 2.05) is 6.92 Å². The molecule has 0 aliphatic heterocycles. The van der Waals surface area contributed by atoms with Crippen LogP contribution in [0.5, 0.6) is 0 Å². The molecular weight excluding hydrogens is 572 g/mol. The van der Waals surface area contributed by atoms with Gasteiger partial charge >= 0.3 is 23.9 Å². The number of benzene rings is 1. The van der Waals surface area contributed by atoms with Crippen molar-refractivity contribution < 1.29 is 53.4 Å². The zero-order chi connectivity index (χ0) is 32.6. The van der Waals surface area contributed by atoms with Crippen LogP contribution in [0.2, 0.25) is 0 Å². The maximum Gasteiger partial charge on any atom is 0.338 e. The van der Waals surface area contributed by atoms with Crippen molar-refractivity contribution in [3.8, 4) is 0 Å². The summed E-state index contributed by atoms with van der Waals surface area (Å²) in [6, 6.07) is 8.38. The van der Waals surface area contributed by atoms with E-state index in [0.717, 1.165) is 0 Å². The van der Waals surface area contributed by atoms with Gasteiger partial charge in [0.15, 0.2) is 0 Å². The summed E-state index contributed by atoms with van der Waals surface area (Å²) in [6.45, 7) is 10.7. The van der Waals surface area contributed by atoms with E-state index < -0.39 is 93.7 Å². The highest BCUT2D eigenvalue weighted by molar-refractivity contribution is 5.89. The lowest BCUT2D eigenvalue weighted by atomic mass is 9.46. The number of esters is 4.